The van der Waals surface area contributed by atoms with Crippen molar-refractivity contribution in [2.75, 3.05) is 19.0 Å². The van der Waals surface area contributed by atoms with E-state index in [-0.39, 0.29) is 5.91 Å². The minimum absolute atomic E-state index is 0.299. The maximum absolute atomic E-state index is 11.8. The molecule has 0 bridgehead atoms. The molecule has 0 radical (unpaired) electrons. The van der Waals surface area contributed by atoms with Crippen molar-refractivity contribution in [1.82, 2.24) is 15.2 Å². The van der Waals surface area contributed by atoms with E-state index in [1.165, 1.54) is 31.7 Å². The molecule has 7 heteroatoms. The molecule has 0 saturated heterocycles. The molecule has 0 unspecified atom stereocenters. The lowest BCUT2D eigenvalue weighted by Crippen LogP contribution is -2.08. The number of methoxy groups -OCH3 is 1. The molecule has 1 aromatic carbocycles. The van der Waals surface area contributed by atoms with E-state index >= 15 is 0 Å². The lowest BCUT2D eigenvalue weighted by molar-refractivity contribution is -0.111. The Morgan fingerprint density at radius 3 is 2.88 bits per heavy atom. The Balaban J connectivity index is 1.91. The first-order valence-electron chi connectivity index (χ1n) is 8.38. The van der Waals surface area contributed by atoms with Crippen LogP contribution in [0.3, 0.4) is 0 Å². The topological polar surface area (TPSA) is 89.1 Å². The second-order valence-corrected chi connectivity index (χ2v) is 5.48. The minimum Gasteiger partial charge on any atom is -0.493 e. The van der Waals surface area contributed by atoms with E-state index in [2.05, 4.69) is 27.4 Å². The van der Waals surface area contributed by atoms with Gasteiger partial charge in [0, 0.05) is 6.08 Å². The van der Waals surface area contributed by atoms with Gasteiger partial charge in [-0.3, -0.25) is 10.1 Å². The molecular formula is C18H24N4O3. The highest BCUT2D eigenvalue weighted by atomic mass is 16.5. The number of ether oxygens (including phenoxy) is 2. The fourth-order valence-electron chi connectivity index (χ4n) is 2.21. The first-order chi connectivity index (χ1) is 12.2. The van der Waals surface area contributed by atoms with E-state index in [9.17, 15) is 4.79 Å². The van der Waals surface area contributed by atoms with Gasteiger partial charge in [-0.25, -0.2) is 5.10 Å². The van der Waals surface area contributed by atoms with Crippen LogP contribution < -0.4 is 14.8 Å². The van der Waals surface area contributed by atoms with E-state index in [0.29, 0.717) is 24.1 Å². The van der Waals surface area contributed by atoms with Gasteiger partial charge in [0.2, 0.25) is 5.95 Å². The normalized spacial score (nSPS) is 10.8. The van der Waals surface area contributed by atoms with Gasteiger partial charge >= 0.3 is 0 Å². The van der Waals surface area contributed by atoms with Gasteiger partial charge in [-0.05, 0) is 30.2 Å². The molecule has 0 aliphatic rings. The largest absolute Gasteiger partial charge is 0.493 e. The van der Waals surface area contributed by atoms with Gasteiger partial charge in [-0.1, -0.05) is 32.3 Å². The monoisotopic (exact) mass is 344 g/mol. The maximum Gasteiger partial charge on any atom is 0.250 e. The Morgan fingerprint density at radius 2 is 2.16 bits per heavy atom. The highest BCUT2D eigenvalue weighted by molar-refractivity contribution is 6.00. The molecule has 0 aliphatic heterocycles. The number of amides is 1. The van der Waals surface area contributed by atoms with Crippen molar-refractivity contribution >= 4 is 17.9 Å². The fraction of sp³-hybridized carbons (Fsp3) is 0.389. The summed E-state index contributed by atoms with van der Waals surface area (Å²) < 4.78 is 11.2. The van der Waals surface area contributed by atoms with Crippen LogP contribution in [-0.4, -0.2) is 34.8 Å². The van der Waals surface area contributed by atoms with E-state index in [4.69, 9.17) is 9.47 Å². The minimum atomic E-state index is -0.299. The Bertz CT molecular complexity index is 684. The smallest absolute Gasteiger partial charge is 0.250 e. The van der Waals surface area contributed by atoms with Crippen LogP contribution in [0.25, 0.3) is 6.08 Å². The molecule has 2 N–H and O–H groups in total. The highest BCUT2D eigenvalue weighted by Crippen LogP contribution is 2.28. The van der Waals surface area contributed by atoms with Gasteiger partial charge < -0.3 is 9.47 Å². The summed E-state index contributed by atoms with van der Waals surface area (Å²) in [5, 5.41) is 8.79. The number of hydrogen-bond acceptors (Lipinski definition) is 5. The van der Waals surface area contributed by atoms with Gasteiger partial charge in [-0.2, -0.15) is 10.1 Å². The molecule has 0 spiro atoms. The van der Waals surface area contributed by atoms with Gasteiger partial charge in [-0.15, -0.1) is 0 Å². The Kier molecular flexibility index (Phi) is 7.49. The van der Waals surface area contributed by atoms with Gasteiger partial charge in [0.15, 0.2) is 11.5 Å². The maximum atomic E-state index is 11.8. The van der Waals surface area contributed by atoms with Gasteiger partial charge in [0.05, 0.1) is 13.7 Å². The van der Waals surface area contributed by atoms with Crippen molar-refractivity contribution in [3.8, 4) is 11.5 Å². The molecule has 2 rings (SSSR count). The van der Waals surface area contributed by atoms with Crippen molar-refractivity contribution in [2.24, 2.45) is 0 Å². The van der Waals surface area contributed by atoms with E-state index in [1.807, 2.05) is 18.2 Å². The zero-order chi connectivity index (χ0) is 17.9. The molecule has 0 saturated carbocycles. The van der Waals surface area contributed by atoms with Crippen molar-refractivity contribution in [2.45, 2.75) is 32.6 Å². The average Bonchev–Trinajstić information content (AvgIpc) is 3.13. The molecule has 0 aliphatic carbocycles. The molecule has 7 nitrogen and oxygen atoms in total. The number of rotatable bonds is 10. The first-order valence-corrected chi connectivity index (χ1v) is 8.38. The second-order valence-electron chi connectivity index (χ2n) is 5.48. The van der Waals surface area contributed by atoms with Crippen molar-refractivity contribution < 1.29 is 14.3 Å². The number of carbonyl (C=O) groups excluding carboxylic acids is 1. The summed E-state index contributed by atoms with van der Waals surface area (Å²) >= 11 is 0. The Morgan fingerprint density at radius 1 is 1.28 bits per heavy atom. The quantitative estimate of drug-likeness (QED) is 0.509. The number of nitrogens with zero attached hydrogens (tertiary/aromatic N) is 2. The summed E-state index contributed by atoms with van der Waals surface area (Å²) in [6.45, 7) is 2.85. The standard InChI is InChI=1S/C18H24N4O3/c1-3-4-5-6-11-25-15-9-7-14(12-16(15)24-2)8-10-17(23)21-18-19-13-20-22-18/h7-10,12-13H,3-6,11H2,1-2H3,(H2,19,20,21,22,23)/b10-8+. The molecule has 1 aromatic heterocycles. The summed E-state index contributed by atoms with van der Waals surface area (Å²) in [7, 11) is 1.60. The number of nitrogens with one attached hydrogen (secondary N) is 2. The van der Waals surface area contributed by atoms with Crippen molar-refractivity contribution in [3.63, 3.8) is 0 Å². The summed E-state index contributed by atoms with van der Waals surface area (Å²) in [6, 6.07) is 5.56. The molecule has 0 fully saturated rings. The second kappa shape index (κ2) is 10.1. The predicted molar refractivity (Wildman–Crippen MR) is 96.7 cm³/mol. The molecule has 1 heterocycles. The molecule has 134 valence electrons. The van der Waals surface area contributed by atoms with E-state index in [1.54, 1.807) is 13.2 Å². The Labute approximate surface area is 147 Å². The van der Waals surface area contributed by atoms with Crippen molar-refractivity contribution in [3.05, 3.63) is 36.2 Å². The van der Waals surface area contributed by atoms with Crippen LogP contribution in [0.5, 0.6) is 11.5 Å². The van der Waals surface area contributed by atoms with Gasteiger partial charge in [0.25, 0.3) is 5.91 Å². The molecule has 1 amide bonds. The summed E-state index contributed by atoms with van der Waals surface area (Å²) in [6.07, 6.45) is 9.06. The fourth-order valence-corrected chi connectivity index (χ4v) is 2.21. The molecule has 0 atom stereocenters. The van der Waals surface area contributed by atoms with Crippen LogP contribution in [0.2, 0.25) is 0 Å². The van der Waals surface area contributed by atoms with Gasteiger partial charge in [0.1, 0.15) is 6.33 Å². The summed E-state index contributed by atoms with van der Waals surface area (Å²) in [5.41, 5.74) is 0.836. The number of carbonyl (C=O) groups is 1. The summed E-state index contributed by atoms with van der Waals surface area (Å²) in [5.74, 6) is 1.36. The number of benzene rings is 1. The van der Waals surface area contributed by atoms with E-state index < -0.39 is 0 Å². The highest BCUT2D eigenvalue weighted by Gasteiger charge is 2.05. The predicted octanol–water partition coefficient (Wildman–Crippen LogP) is 3.42. The van der Waals surface area contributed by atoms with Crippen molar-refractivity contribution in [1.29, 1.82) is 0 Å². The van der Waals surface area contributed by atoms with Crippen LogP contribution in [0.15, 0.2) is 30.6 Å². The molecule has 2 aromatic rings. The number of aromatic amines is 1. The average molecular weight is 344 g/mol. The number of aromatic nitrogens is 3. The van der Waals surface area contributed by atoms with Crippen LogP contribution in [0.1, 0.15) is 38.2 Å². The zero-order valence-corrected chi connectivity index (χ0v) is 14.6. The zero-order valence-electron chi connectivity index (χ0n) is 14.6. The molecule has 25 heavy (non-hydrogen) atoms. The first kappa shape index (κ1) is 18.5. The number of anilines is 1. The Hall–Kier alpha value is -2.83. The lowest BCUT2D eigenvalue weighted by atomic mass is 10.2. The lowest BCUT2D eigenvalue weighted by Gasteiger charge is -2.11. The summed E-state index contributed by atoms with van der Waals surface area (Å²) in [4.78, 5) is 15.6. The third kappa shape index (κ3) is 6.29. The number of hydrogen-bond donors (Lipinski definition) is 2. The third-order valence-electron chi connectivity index (χ3n) is 3.53. The van der Waals surface area contributed by atoms with Crippen LogP contribution >= 0.6 is 0 Å². The third-order valence-corrected chi connectivity index (χ3v) is 3.53. The molecular weight excluding hydrogens is 320 g/mol. The number of unbranched alkanes of at least 4 members (excludes halogenated alkanes) is 3. The van der Waals surface area contributed by atoms with Crippen LogP contribution in [0.4, 0.5) is 5.95 Å². The van der Waals surface area contributed by atoms with Crippen LogP contribution in [-0.2, 0) is 4.79 Å². The SMILES string of the molecule is CCCCCCOc1ccc(/C=C/C(=O)Nc2ncn[nH]2)cc1OC. The number of H-pyrrole nitrogens is 1. The van der Waals surface area contributed by atoms with Crippen LogP contribution in [0, 0.1) is 0 Å². The van der Waals surface area contributed by atoms with E-state index in [0.717, 1.165) is 12.0 Å².